The van der Waals surface area contributed by atoms with Crippen LogP contribution in [0.5, 0.6) is 5.75 Å². The quantitative estimate of drug-likeness (QED) is 0.724. The third kappa shape index (κ3) is 3.76. The smallest absolute Gasteiger partial charge is 0.118 e. The molecule has 16 heavy (non-hydrogen) atoms. The molecule has 0 amide bonds. The number of ether oxygens (including phenoxy) is 1. The number of methoxy groups -OCH3 is 1. The Kier molecular flexibility index (Phi) is 4.56. The van der Waals surface area contributed by atoms with E-state index in [4.69, 9.17) is 10.00 Å². The third-order valence-electron chi connectivity index (χ3n) is 2.09. The van der Waals surface area contributed by atoms with Crippen LogP contribution in [0.25, 0.3) is 6.08 Å². The zero-order chi connectivity index (χ0) is 12.0. The molecular weight excluding hydrogens is 200 g/mol. The van der Waals surface area contributed by atoms with Gasteiger partial charge in [-0.15, -0.1) is 0 Å². The summed E-state index contributed by atoms with van der Waals surface area (Å²) in [5, 5.41) is 8.97. The van der Waals surface area contributed by atoms with Gasteiger partial charge >= 0.3 is 0 Å². The summed E-state index contributed by atoms with van der Waals surface area (Å²) in [7, 11) is 5.52. The van der Waals surface area contributed by atoms with E-state index >= 15 is 0 Å². The van der Waals surface area contributed by atoms with Crippen LogP contribution in [-0.4, -0.2) is 32.6 Å². The Balaban J connectivity index is 2.83. The van der Waals surface area contributed by atoms with Crippen LogP contribution in [0, 0.1) is 11.3 Å². The first-order valence-corrected chi connectivity index (χ1v) is 5.05. The summed E-state index contributed by atoms with van der Waals surface area (Å²) < 4.78 is 5.07. The van der Waals surface area contributed by atoms with Crippen LogP contribution in [0.4, 0.5) is 0 Å². The summed E-state index contributed by atoms with van der Waals surface area (Å²) in [5.74, 6) is 0.822. The molecule has 0 saturated carbocycles. The minimum atomic E-state index is 0.655. The Morgan fingerprint density at radius 2 is 2.00 bits per heavy atom. The first kappa shape index (κ1) is 12.3. The second-order valence-corrected chi connectivity index (χ2v) is 3.79. The molecule has 0 unspecified atom stereocenters. The Bertz CT molecular complexity index is 399. The number of benzene rings is 1. The van der Waals surface area contributed by atoms with E-state index in [9.17, 15) is 0 Å². The summed E-state index contributed by atoms with van der Waals surface area (Å²) in [6.45, 7) is 0.655. The molecule has 1 rings (SSSR count). The van der Waals surface area contributed by atoms with E-state index in [-0.39, 0.29) is 0 Å². The van der Waals surface area contributed by atoms with E-state index in [1.165, 1.54) is 0 Å². The Morgan fingerprint density at radius 1 is 1.38 bits per heavy atom. The van der Waals surface area contributed by atoms with Gasteiger partial charge in [0, 0.05) is 12.1 Å². The predicted octanol–water partition coefficient (Wildman–Crippen LogP) is 2.16. The highest BCUT2D eigenvalue weighted by atomic mass is 16.5. The average molecular weight is 216 g/mol. The molecule has 0 spiro atoms. The molecule has 84 valence electrons. The molecule has 0 bridgehead atoms. The summed E-state index contributed by atoms with van der Waals surface area (Å²) in [6.07, 6.45) is 1.89. The van der Waals surface area contributed by atoms with Gasteiger partial charge in [-0.25, -0.2) is 0 Å². The van der Waals surface area contributed by atoms with Crippen molar-refractivity contribution < 1.29 is 4.74 Å². The third-order valence-corrected chi connectivity index (χ3v) is 2.09. The number of nitrogens with zero attached hydrogens (tertiary/aromatic N) is 2. The van der Waals surface area contributed by atoms with Crippen molar-refractivity contribution in [2.45, 2.75) is 0 Å². The molecule has 0 saturated heterocycles. The fourth-order valence-corrected chi connectivity index (χ4v) is 1.36. The highest BCUT2D eigenvalue weighted by Gasteiger charge is 1.98. The second-order valence-electron chi connectivity index (χ2n) is 3.79. The van der Waals surface area contributed by atoms with Crippen molar-refractivity contribution in [1.29, 1.82) is 5.26 Å². The van der Waals surface area contributed by atoms with Crippen molar-refractivity contribution in [1.82, 2.24) is 4.90 Å². The van der Waals surface area contributed by atoms with E-state index in [0.717, 1.165) is 16.9 Å². The normalized spacial score (nSPS) is 11.3. The van der Waals surface area contributed by atoms with Crippen LogP contribution >= 0.6 is 0 Å². The van der Waals surface area contributed by atoms with Crippen molar-refractivity contribution in [3.63, 3.8) is 0 Å². The molecule has 0 aromatic heterocycles. The molecule has 1 aromatic carbocycles. The van der Waals surface area contributed by atoms with Crippen LogP contribution < -0.4 is 4.74 Å². The Morgan fingerprint density at radius 3 is 2.44 bits per heavy atom. The highest BCUT2D eigenvalue weighted by Crippen LogP contribution is 2.13. The number of likely N-dealkylation sites (N-methyl/N-ethyl adjacent to an activating group) is 1. The lowest BCUT2D eigenvalue weighted by Crippen LogP contribution is -2.14. The molecule has 3 nitrogen and oxygen atoms in total. The zero-order valence-corrected chi connectivity index (χ0v) is 9.90. The molecule has 0 aliphatic heterocycles. The summed E-state index contributed by atoms with van der Waals surface area (Å²) in [4.78, 5) is 1.97. The lowest BCUT2D eigenvalue weighted by atomic mass is 10.1. The van der Waals surface area contributed by atoms with E-state index in [1.54, 1.807) is 7.11 Å². The maximum absolute atomic E-state index is 8.97. The van der Waals surface area contributed by atoms with E-state index < -0.39 is 0 Å². The molecule has 0 N–H and O–H groups in total. The molecule has 1 aromatic rings. The van der Waals surface area contributed by atoms with Gasteiger partial charge in [-0.05, 0) is 37.9 Å². The first-order valence-electron chi connectivity index (χ1n) is 5.05. The predicted molar refractivity (Wildman–Crippen MR) is 65.1 cm³/mol. The standard InChI is InChI=1S/C13H16N2O/c1-15(2)10-12(9-14)8-11-4-6-13(16-3)7-5-11/h4-8H,10H2,1-3H3/b12-8-. The molecule has 0 fully saturated rings. The van der Waals surface area contributed by atoms with Gasteiger partial charge in [-0.1, -0.05) is 12.1 Å². The monoisotopic (exact) mass is 216 g/mol. The molecule has 0 atom stereocenters. The van der Waals surface area contributed by atoms with Gasteiger partial charge in [0.1, 0.15) is 5.75 Å². The van der Waals surface area contributed by atoms with Gasteiger partial charge in [0.25, 0.3) is 0 Å². The second kappa shape index (κ2) is 5.94. The van der Waals surface area contributed by atoms with Crippen molar-refractivity contribution in [2.24, 2.45) is 0 Å². The maximum atomic E-state index is 8.97. The molecule has 3 heteroatoms. The SMILES string of the molecule is COc1ccc(/C=C(/C#N)CN(C)C)cc1. The van der Waals surface area contributed by atoms with Crippen molar-refractivity contribution in [2.75, 3.05) is 27.7 Å². The van der Waals surface area contributed by atoms with Crippen LogP contribution in [-0.2, 0) is 0 Å². The topological polar surface area (TPSA) is 36.3 Å². The van der Waals surface area contributed by atoms with Gasteiger partial charge in [0.05, 0.1) is 13.2 Å². The van der Waals surface area contributed by atoms with Crippen molar-refractivity contribution in [3.05, 3.63) is 35.4 Å². The minimum Gasteiger partial charge on any atom is -0.497 e. The molecule has 0 heterocycles. The minimum absolute atomic E-state index is 0.655. The van der Waals surface area contributed by atoms with E-state index in [0.29, 0.717) is 6.54 Å². The summed E-state index contributed by atoms with van der Waals surface area (Å²) in [5.41, 5.74) is 1.76. The average Bonchev–Trinajstić information content (AvgIpc) is 2.28. The first-order chi connectivity index (χ1) is 7.65. The van der Waals surface area contributed by atoms with Crippen LogP contribution in [0.2, 0.25) is 0 Å². The lowest BCUT2D eigenvalue weighted by Gasteiger charge is -2.07. The van der Waals surface area contributed by atoms with Gasteiger partial charge in [-0.2, -0.15) is 5.26 Å². The summed E-state index contributed by atoms with van der Waals surface area (Å²) >= 11 is 0. The van der Waals surface area contributed by atoms with E-state index in [2.05, 4.69) is 6.07 Å². The fourth-order valence-electron chi connectivity index (χ4n) is 1.36. The number of hydrogen-bond donors (Lipinski definition) is 0. The largest absolute Gasteiger partial charge is 0.497 e. The molecule has 0 aliphatic rings. The maximum Gasteiger partial charge on any atom is 0.118 e. The number of nitriles is 1. The highest BCUT2D eigenvalue weighted by molar-refractivity contribution is 5.58. The van der Waals surface area contributed by atoms with Gasteiger partial charge in [0.15, 0.2) is 0 Å². The van der Waals surface area contributed by atoms with Gasteiger partial charge in [0.2, 0.25) is 0 Å². The Labute approximate surface area is 96.6 Å². The van der Waals surface area contributed by atoms with Crippen molar-refractivity contribution in [3.8, 4) is 11.8 Å². The van der Waals surface area contributed by atoms with Crippen LogP contribution in [0.1, 0.15) is 5.56 Å². The van der Waals surface area contributed by atoms with Crippen molar-refractivity contribution >= 4 is 6.08 Å². The Hall–Kier alpha value is -1.79. The number of rotatable bonds is 4. The summed E-state index contributed by atoms with van der Waals surface area (Å²) in [6, 6.07) is 9.84. The van der Waals surface area contributed by atoms with Gasteiger partial charge < -0.3 is 9.64 Å². The van der Waals surface area contributed by atoms with Crippen LogP contribution in [0.15, 0.2) is 29.8 Å². The molecular formula is C13H16N2O. The molecule has 0 aliphatic carbocycles. The van der Waals surface area contributed by atoms with E-state index in [1.807, 2.05) is 49.3 Å². The van der Waals surface area contributed by atoms with Gasteiger partial charge in [-0.3, -0.25) is 0 Å². The molecule has 0 radical (unpaired) electrons. The zero-order valence-electron chi connectivity index (χ0n) is 9.90. The van der Waals surface area contributed by atoms with Crippen LogP contribution in [0.3, 0.4) is 0 Å². The number of hydrogen-bond acceptors (Lipinski definition) is 3. The lowest BCUT2D eigenvalue weighted by molar-refractivity contribution is 0.415. The fraction of sp³-hybridized carbons (Fsp3) is 0.308.